The second-order valence-electron chi connectivity index (χ2n) is 6.09. The summed E-state index contributed by atoms with van der Waals surface area (Å²) in [6.07, 6.45) is 0. The summed E-state index contributed by atoms with van der Waals surface area (Å²) < 4.78 is 0. The summed E-state index contributed by atoms with van der Waals surface area (Å²) in [6, 6.07) is 8.75. The zero-order chi connectivity index (χ0) is 18.8. The summed E-state index contributed by atoms with van der Waals surface area (Å²) in [6.45, 7) is 20.1. The van der Waals surface area contributed by atoms with Crippen molar-refractivity contribution in [2.75, 3.05) is 39.8 Å². The Morgan fingerprint density at radius 3 is 2.16 bits per heavy atom. The molecule has 1 saturated heterocycles. The van der Waals surface area contributed by atoms with Crippen LogP contribution in [-0.4, -0.2) is 54.7 Å². The number of hydrogen-bond donors (Lipinski definition) is 0. The van der Waals surface area contributed by atoms with Gasteiger partial charge in [0.15, 0.2) is 5.17 Å². The van der Waals surface area contributed by atoms with E-state index < -0.39 is 0 Å². The van der Waals surface area contributed by atoms with Crippen molar-refractivity contribution in [3.63, 3.8) is 0 Å². The Hall–Kier alpha value is -1.26. The fourth-order valence-electron chi connectivity index (χ4n) is 2.79. The second kappa shape index (κ2) is 11.4. The number of thioether (sulfide) groups is 1. The first kappa shape index (κ1) is 21.8. The van der Waals surface area contributed by atoms with Crippen LogP contribution >= 0.6 is 11.8 Å². The van der Waals surface area contributed by atoms with Crippen LogP contribution in [0, 0.1) is 0 Å². The molecule has 1 heterocycles. The maximum atomic E-state index is 4.55. The van der Waals surface area contributed by atoms with Gasteiger partial charge in [0.2, 0.25) is 0 Å². The first-order chi connectivity index (χ1) is 12.0. The molecule has 25 heavy (non-hydrogen) atoms. The number of rotatable bonds is 4. The van der Waals surface area contributed by atoms with Gasteiger partial charge in [-0.1, -0.05) is 69.0 Å². The van der Waals surface area contributed by atoms with Crippen LogP contribution in [0.2, 0.25) is 0 Å². The van der Waals surface area contributed by atoms with Gasteiger partial charge in [0.25, 0.3) is 0 Å². The maximum absolute atomic E-state index is 4.55. The van der Waals surface area contributed by atoms with Crippen molar-refractivity contribution >= 4 is 22.5 Å². The third-order valence-electron chi connectivity index (χ3n) is 4.44. The first-order valence-corrected chi connectivity index (χ1v) is 10.3. The van der Waals surface area contributed by atoms with E-state index in [1.54, 1.807) is 0 Å². The Bertz CT molecular complexity index is 543. The molecule has 0 spiro atoms. The van der Waals surface area contributed by atoms with Crippen LogP contribution in [0.1, 0.15) is 51.0 Å². The zero-order valence-corrected chi connectivity index (χ0v) is 17.7. The minimum absolute atomic E-state index is 0.400. The molecule has 1 aliphatic rings. The van der Waals surface area contributed by atoms with Crippen molar-refractivity contribution in [3.8, 4) is 0 Å². The minimum Gasteiger partial charge on any atom is -0.349 e. The lowest BCUT2D eigenvalue weighted by atomic mass is 10.1. The Kier molecular flexibility index (Phi) is 9.91. The van der Waals surface area contributed by atoms with Gasteiger partial charge in [0, 0.05) is 38.5 Å². The molecule has 4 heteroatoms. The third-order valence-corrected chi connectivity index (χ3v) is 5.71. The van der Waals surface area contributed by atoms with E-state index >= 15 is 0 Å². The monoisotopic (exact) mass is 361 g/mol. The molecule has 0 aliphatic carbocycles. The van der Waals surface area contributed by atoms with E-state index in [1.165, 1.54) is 11.1 Å². The van der Waals surface area contributed by atoms with Crippen molar-refractivity contribution in [1.29, 1.82) is 0 Å². The molecule has 0 N–H and O–H groups in total. The molecule has 1 aromatic rings. The van der Waals surface area contributed by atoms with Crippen LogP contribution in [-0.2, 0) is 0 Å². The summed E-state index contributed by atoms with van der Waals surface area (Å²) in [4.78, 5) is 9.47. The third kappa shape index (κ3) is 6.52. The molecule has 0 bridgehead atoms. The first-order valence-electron chi connectivity index (χ1n) is 9.41. The van der Waals surface area contributed by atoms with Gasteiger partial charge in [-0.2, -0.15) is 0 Å². The Morgan fingerprint density at radius 2 is 1.72 bits per heavy atom. The fraction of sp³-hybridized carbons (Fsp3) is 0.571. The summed E-state index contributed by atoms with van der Waals surface area (Å²) in [7, 11) is 1.91. The summed E-state index contributed by atoms with van der Waals surface area (Å²) in [5, 5.41) is 1.56. The van der Waals surface area contributed by atoms with Gasteiger partial charge in [-0.05, 0) is 31.5 Å². The Labute approximate surface area is 159 Å². The van der Waals surface area contributed by atoms with Gasteiger partial charge in [-0.25, -0.2) is 0 Å². The van der Waals surface area contributed by atoms with Gasteiger partial charge in [-0.3, -0.25) is 4.99 Å². The van der Waals surface area contributed by atoms with Crippen LogP contribution in [0.4, 0.5) is 0 Å². The summed E-state index contributed by atoms with van der Waals surface area (Å²) in [5.74, 6) is 0. The average molecular weight is 362 g/mol. The van der Waals surface area contributed by atoms with Crippen molar-refractivity contribution in [2.24, 2.45) is 4.99 Å². The molecular weight excluding hydrogens is 326 g/mol. The van der Waals surface area contributed by atoms with E-state index in [1.807, 2.05) is 39.6 Å². The highest BCUT2D eigenvalue weighted by Gasteiger charge is 2.21. The highest BCUT2D eigenvalue weighted by Crippen LogP contribution is 2.31. The molecular formula is C21H35N3S. The molecule has 2 rings (SSSR count). The Morgan fingerprint density at radius 1 is 1.16 bits per heavy atom. The Balaban J connectivity index is 0.00000151. The van der Waals surface area contributed by atoms with E-state index in [9.17, 15) is 0 Å². The lowest BCUT2D eigenvalue weighted by Crippen LogP contribution is -2.47. The summed E-state index contributed by atoms with van der Waals surface area (Å²) >= 11 is 1.86. The molecule has 0 aromatic heterocycles. The predicted molar refractivity (Wildman–Crippen MR) is 116 cm³/mol. The molecule has 140 valence electrons. The SMILES string of the molecule is C=C(C)c1ccc(C(C)SC(=NC)N2CCN(CC)CC2)cc1.CC. The number of piperazine rings is 1. The van der Waals surface area contributed by atoms with Crippen LogP contribution in [0.25, 0.3) is 5.57 Å². The lowest BCUT2D eigenvalue weighted by molar-refractivity contribution is 0.192. The normalized spacial score (nSPS) is 16.9. The van der Waals surface area contributed by atoms with Gasteiger partial charge in [0.05, 0.1) is 0 Å². The van der Waals surface area contributed by atoms with Crippen molar-refractivity contribution in [3.05, 3.63) is 42.0 Å². The number of benzene rings is 1. The van der Waals surface area contributed by atoms with Crippen molar-refractivity contribution < 1.29 is 0 Å². The van der Waals surface area contributed by atoms with E-state index in [0.29, 0.717) is 5.25 Å². The van der Waals surface area contributed by atoms with Crippen LogP contribution < -0.4 is 0 Å². The predicted octanol–water partition coefficient (Wildman–Crippen LogP) is 5.16. The minimum atomic E-state index is 0.400. The highest BCUT2D eigenvalue weighted by atomic mass is 32.2. The van der Waals surface area contributed by atoms with Gasteiger partial charge in [-0.15, -0.1) is 0 Å². The van der Waals surface area contributed by atoms with Crippen molar-refractivity contribution in [1.82, 2.24) is 9.80 Å². The molecule has 1 aliphatic heterocycles. The molecule has 1 atom stereocenters. The quantitative estimate of drug-likeness (QED) is 0.545. The molecule has 0 radical (unpaired) electrons. The van der Waals surface area contributed by atoms with Gasteiger partial charge < -0.3 is 9.80 Å². The van der Waals surface area contributed by atoms with Crippen molar-refractivity contribution in [2.45, 2.75) is 39.9 Å². The number of nitrogens with zero attached hydrogens (tertiary/aromatic N) is 3. The smallest absolute Gasteiger partial charge is 0.159 e. The maximum Gasteiger partial charge on any atom is 0.159 e. The molecule has 1 fully saturated rings. The van der Waals surface area contributed by atoms with Crippen LogP contribution in [0.3, 0.4) is 0 Å². The average Bonchev–Trinajstić information content (AvgIpc) is 2.67. The standard InChI is InChI=1S/C19H29N3S.C2H6/c1-6-21-11-13-22(14-12-21)19(20-5)23-16(4)18-9-7-17(8-10-18)15(2)3;1-2/h7-10,16H,2,6,11-14H2,1,3-5H3;1-2H3. The number of amidine groups is 1. The fourth-order valence-corrected chi connectivity index (χ4v) is 3.84. The topological polar surface area (TPSA) is 18.8 Å². The largest absolute Gasteiger partial charge is 0.349 e. The van der Waals surface area contributed by atoms with E-state index in [2.05, 4.69) is 59.5 Å². The highest BCUT2D eigenvalue weighted by molar-refractivity contribution is 8.13. The molecule has 1 aromatic carbocycles. The van der Waals surface area contributed by atoms with E-state index in [4.69, 9.17) is 0 Å². The second-order valence-corrected chi connectivity index (χ2v) is 7.40. The molecule has 0 amide bonds. The zero-order valence-electron chi connectivity index (χ0n) is 16.9. The van der Waals surface area contributed by atoms with Crippen LogP contribution in [0.15, 0.2) is 35.8 Å². The summed E-state index contributed by atoms with van der Waals surface area (Å²) in [5.41, 5.74) is 3.67. The molecule has 3 nitrogen and oxygen atoms in total. The molecule has 1 unspecified atom stereocenters. The number of likely N-dealkylation sites (N-methyl/N-ethyl adjacent to an activating group) is 1. The van der Waals surface area contributed by atoms with E-state index in [-0.39, 0.29) is 0 Å². The molecule has 0 saturated carbocycles. The number of hydrogen-bond acceptors (Lipinski definition) is 3. The van der Waals surface area contributed by atoms with Crippen LogP contribution in [0.5, 0.6) is 0 Å². The number of aliphatic imine (C=N–C) groups is 1. The van der Waals surface area contributed by atoms with E-state index in [0.717, 1.165) is 43.5 Å². The van der Waals surface area contributed by atoms with Gasteiger partial charge in [0.1, 0.15) is 0 Å². The lowest BCUT2D eigenvalue weighted by Gasteiger charge is -2.36. The number of allylic oxidation sites excluding steroid dienone is 1. The van der Waals surface area contributed by atoms with Gasteiger partial charge >= 0.3 is 0 Å².